The molecule has 0 fully saturated rings. The maximum atomic E-state index is 10.7. The van der Waals surface area contributed by atoms with E-state index in [0.717, 1.165) is 5.69 Å². The van der Waals surface area contributed by atoms with Crippen LogP contribution in [0.3, 0.4) is 0 Å². The van der Waals surface area contributed by atoms with Crippen molar-refractivity contribution >= 4 is 5.97 Å². The second-order valence-electron chi connectivity index (χ2n) is 2.93. The summed E-state index contributed by atoms with van der Waals surface area (Å²) >= 11 is 0. The molecular weight excluding hydrogens is 198 g/mol. The van der Waals surface area contributed by atoms with Crippen molar-refractivity contribution in [1.82, 2.24) is 15.3 Å². The van der Waals surface area contributed by atoms with Gasteiger partial charge in [-0.3, -0.25) is 10.1 Å². The maximum absolute atomic E-state index is 10.7. The van der Waals surface area contributed by atoms with Gasteiger partial charge >= 0.3 is 5.97 Å². The van der Waals surface area contributed by atoms with Crippen molar-refractivity contribution in [3.05, 3.63) is 24.3 Å². The van der Waals surface area contributed by atoms with Gasteiger partial charge in [0.1, 0.15) is 12.4 Å². The molecule has 1 rings (SSSR count). The molecule has 0 aliphatic carbocycles. The van der Waals surface area contributed by atoms with E-state index in [2.05, 4.69) is 15.3 Å². The highest BCUT2D eigenvalue weighted by Gasteiger charge is 2.15. The number of aliphatic carboxylic acids is 1. The number of hydrogen-bond acceptors (Lipinski definition) is 5. The number of ether oxygens (including phenoxy) is 1. The molecular formula is C9H13N3O3. The summed E-state index contributed by atoms with van der Waals surface area (Å²) in [7, 11) is 1.46. The number of carboxylic acid groups (broad SMARTS) is 1. The SMILES string of the molecule is COCC(NCc1ccncn1)C(=O)O. The molecule has 82 valence electrons. The largest absolute Gasteiger partial charge is 0.480 e. The first-order chi connectivity index (χ1) is 7.24. The molecule has 0 aromatic carbocycles. The minimum absolute atomic E-state index is 0.125. The average molecular weight is 211 g/mol. The van der Waals surface area contributed by atoms with Crippen molar-refractivity contribution in [2.24, 2.45) is 0 Å². The van der Waals surface area contributed by atoms with E-state index in [9.17, 15) is 4.79 Å². The van der Waals surface area contributed by atoms with Gasteiger partial charge in [0.15, 0.2) is 0 Å². The fourth-order valence-electron chi connectivity index (χ4n) is 1.03. The lowest BCUT2D eigenvalue weighted by molar-refractivity contribution is -0.140. The zero-order chi connectivity index (χ0) is 11.1. The van der Waals surface area contributed by atoms with E-state index in [1.807, 2.05) is 0 Å². The second-order valence-corrected chi connectivity index (χ2v) is 2.93. The van der Waals surface area contributed by atoms with E-state index >= 15 is 0 Å². The van der Waals surface area contributed by atoms with Crippen molar-refractivity contribution in [2.45, 2.75) is 12.6 Å². The highest BCUT2D eigenvalue weighted by Crippen LogP contribution is 1.93. The Bertz CT molecular complexity index is 305. The molecule has 0 saturated heterocycles. The third kappa shape index (κ3) is 4.01. The molecule has 0 aliphatic heterocycles. The third-order valence-electron chi connectivity index (χ3n) is 1.80. The van der Waals surface area contributed by atoms with Crippen molar-refractivity contribution in [1.29, 1.82) is 0 Å². The first kappa shape index (κ1) is 11.5. The van der Waals surface area contributed by atoms with Gasteiger partial charge in [-0.15, -0.1) is 0 Å². The van der Waals surface area contributed by atoms with E-state index in [1.165, 1.54) is 13.4 Å². The molecule has 0 saturated carbocycles. The quantitative estimate of drug-likeness (QED) is 0.670. The Kier molecular flexibility index (Phi) is 4.65. The van der Waals surface area contributed by atoms with Gasteiger partial charge < -0.3 is 9.84 Å². The number of hydrogen-bond donors (Lipinski definition) is 2. The summed E-state index contributed by atoms with van der Waals surface area (Å²) in [5.74, 6) is -0.939. The summed E-state index contributed by atoms with van der Waals surface area (Å²) in [5, 5.41) is 11.6. The number of nitrogens with zero attached hydrogens (tertiary/aromatic N) is 2. The van der Waals surface area contributed by atoms with E-state index in [0.29, 0.717) is 6.54 Å². The van der Waals surface area contributed by atoms with Crippen LogP contribution >= 0.6 is 0 Å². The Hall–Kier alpha value is -1.53. The molecule has 15 heavy (non-hydrogen) atoms. The van der Waals surface area contributed by atoms with Gasteiger partial charge in [-0.1, -0.05) is 0 Å². The zero-order valence-corrected chi connectivity index (χ0v) is 8.38. The normalized spacial score (nSPS) is 12.3. The lowest BCUT2D eigenvalue weighted by atomic mass is 10.3. The van der Waals surface area contributed by atoms with Crippen LogP contribution in [0.2, 0.25) is 0 Å². The topological polar surface area (TPSA) is 84.3 Å². The molecule has 0 radical (unpaired) electrons. The Balaban J connectivity index is 2.43. The third-order valence-corrected chi connectivity index (χ3v) is 1.80. The van der Waals surface area contributed by atoms with Crippen LogP contribution in [0.1, 0.15) is 5.69 Å². The first-order valence-corrected chi connectivity index (χ1v) is 4.44. The lowest BCUT2D eigenvalue weighted by Crippen LogP contribution is -2.39. The van der Waals surface area contributed by atoms with Gasteiger partial charge in [0.2, 0.25) is 0 Å². The summed E-state index contributed by atoms with van der Waals surface area (Å²) < 4.78 is 4.78. The van der Waals surface area contributed by atoms with Crippen molar-refractivity contribution in [3.63, 3.8) is 0 Å². The van der Waals surface area contributed by atoms with Crippen LogP contribution in [0.15, 0.2) is 18.6 Å². The van der Waals surface area contributed by atoms with E-state index in [4.69, 9.17) is 9.84 Å². The number of carbonyl (C=O) groups is 1. The maximum Gasteiger partial charge on any atom is 0.323 e. The molecule has 0 bridgehead atoms. The molecule has 0 aliphatic rings. The standard InChI is InChI=1S/C9H13N3O3/c1-15-5-8(9(13)14)11-4-7-2-3-10-6-12-7/h2-3,6,8,11H,4-5H2,1H3,(H,13,14). The number of methoxy groups -OCH3 is 1. The Morgan fingerprint density at radius 3 is 3.07 bits per heavy atom. The molecule has 6 nitrogen and oxygen atoms in total. The minimum atomic E-state index is -0.939. The summed E-state index contributed by atoms with van der Waals surface area (Å²) in [6, 6.07) is 1.00. The van der Waals surface area contributed by atoms with Gasteiger partial charge in [0.25, 0.3) is 0 Å². The van der Waals surface area contributed by atoms with Gasteiger partial charge in [0, 0.05) is 19.9 Å². The highest BCUT2D eigenvalue weighted by molar-refractivity contribution is 5.73. The summed E-state index contributed by atoms with van der Waals surface area (Å²) in [6.45, 7) is 0.503. The molecule has 1 heterocycles. The Labute approximate surface area is 87.3 Å². The van der Waals surface area contributed by atoms with E-state index < -0.39 is 12.0 Å². The summed E-state index contributed by atoms with van der Waals surface area (Å²) in [4.78, 5) is 18.5. The fourth-order valence-corrected chi connectivity index (χ4v) is 1.03. The van der Waals surface area contributed by atoms with Gasteiger partial charge in [-0.05, 0) is 6.07 Å². The zero-order valence-electron chi connectivity index (χ0n) is 8.38. The van der Waals surface area contributed by atoms with Crippen LogP contribution in [0.4, 0.5) is 0 Å². The highest BCUT2D eigenvalue weighted by atomic mass is 16.5. The van der Waals surface area contributed by atoms with Crippen molar-refractivity contribution in [2.75, 3.05) is 13.7 Å². The monoisotopic (exact) mass is 211 g/mol. The van der Waals surface area contributed by atoms with Crippen LogP contribution in [0.25, 0.3) is 0 Å². The van der Waals surface area contributed by atoms with E-state index in [1.54, 1.807) is 12.3 Å². The van der Waals surface area contributed by atoms with Crippen LogP contribution < -0.4 is 5.32 Å². The fraction of sp³-hybridized carbons (Fsp3) is 0.444. The predicted molar refractivity (Wildman–Crippen MR) is 52.2 cm³/mol. The van der Waals surface area contributed by atoms with Crippen LogP contribution in [-0.2, 0) is 16.1 Å². The first-order valence-electron chi connectivity index (χ1n) is 4.44. The van der Waals surface area contributed by atoms with Crippen LogP contribution in [0, 0.1) is 0 Å². The second kappa shape index (κ2) is 6.05. The number of aromatic nitrogens is 2. The summed E-state index contributed by atoms with van der Waals surface area (Å²) in [5.41, 5.74) is 0.743. The Morgan fingerprint density at radius 2 is 2.53 bits per heavy atom. The van der Waals surface area contributed by atoms with Crippen molar-refractivity contribution < 1.29 is 14.6 Å². The molecule has 1 atom stereocenters. The summed E-state index contributed by atoms with van der Waals surface area (Å²) in [6.07, 6.45) is 3.03. The molecule has 6 heteroatoms. The number of nitrogens with one attached hydrogen (secondary N) is 1. The molecule has 2 N–H and O–H groups in total. The molecule has 0 spiro atoms. The van der Waals surface area contributed by atoms with Gasteiger partial charge in [-0.2, -0.15) is 0 Å². The molecule has 1 aromatic rings. The van der Waals surface area contributed by atoms with Gasteiger partial charge in [-0.25, -0.2) is 9.97 Å². The molecule has 1 aromatic heterocycles. The predicted octanol–water partition coefficient (Wildman–Crippen LogP) is -0.334. The van der Waals surface area contributed by atoms with E-state index in [-0.39, 0.29) is 6.61 Å². The van der Waals surface area contributed by atoms with Gasteiger partial charge in [0.05, 0.1) is 12.3 Å². The minimum Gasteiger partial charge on any atom is -0.480 e. The average Bonchev–Trinajstić information content (AvgIpc) is 2.25. The van der Waals surface area contributed by atoms with Crippen LogP contribution in [-0.4, -0.2) is 40.8 Å². The number of rotatable bonds is 6. The van der Waals surface area contributed by atoms with Crippen molar-refractivity contribution in [3.8, 4) is 0 Å². The smallest absolute Gasteiger partial charge is 0.323 e. The van der Waals surface area contributed by atoms with Crippen LogP contribution in [0.5, 0.6) is 0 Å². The number of carboxylic acids is 1. The Morgan fingerprint density at radius 1 is 1.73 bits per heavy atom. The molecule has 1 unspecified atom stereocenters. The lowest BCUT2D eigenvalue weighted by Gasteiger charge is -2.12. The molecule has 0 amide bonds.